The van der Waals surface area contributed by atoms with Crippen molar-refractivity contribution in [1.29, 1.82) is 0 Å². The Balaban J connectivity index is 2.39. The summed E-state index contributed by atoms with van der Waals surface area (Å²) in [6.45, 7) is 4.56. The third kappa shape index (κ3) is 2.93. The zero-order valence-electron chi connectivity index (χ0n) is 11.3. The largest absolute Gasteiger partial charge is 0.339 e. The van der Waals surface area contributed by atoms with Gasteiger partial charge in [-0.1, -0.05) is 24.3 Å². The monoisotopic (exact) mass is 258 g/mol. The lowest BCUT2D eigenvalue weighted by Gasteiger charge is -2.24. The quantitative estimate of drug-likeness (QED) is 0.898. The SMILES string of the molecule is CCN(c1ccccc1)c1ccc(C(C)N)cc1F. The van der Waals surface area contributed by atoms with Gasteiger partial charge in [0.15, 0.2) is 0 Å². The molecule has 0 saturated carbocycles. The summed E-state index contributed by atoms with van der Waals surface area (Å²) >= 11 is 0. The molecule has 2 aromatic carbocycles. The van der Waals surface area contributed by atoms with Crippen LogP contribution in [0.3, 0.4) is 0 Å². The molecule has 0 saturated heterocycles. The number of hydrogen-bond donors (Lipinski definition) is 1. The number of halogens is 1. The lowest BCUT2D eigenvalue weighted by Crippen LogP contribution is -2.17. The van der Waals surface area contributed by atoms with Crippen LogP contribution < -0.4 is 10.6 Å². The van der Waals surface area contributed by atoms with E-state index in [2.05, 4.69) is 0 Å². The predicted molar refractivity (Wildman–Crippen MR) is 78.1 cm³/mol. The molecule has 0 radical (unpaired) electrons. The van der Waals surface area contributed by atoms with Crippen molar-refractivity contribution in [2.24, 2.45) is 5.73 Å². The lowest BCUT2D eigenvalue weighted by molar-refractivity contribution is 0.620. The average molecular weight is 258 g/mol. The molecule has 2 aromatic rings. The highest BCUT2D eigenvalue weighted by Gasteiger charge is 2.13. The Hall–Kier alpha value is -1.87. The second-order valence-electron chi connectivity index (χ2n) is 4.58. The molecular weight excluding hydrogens is 239 g/mol. The normalized spacial score (nSPS) is 12.2. The average Bonchev–Trinajstić information content (AvgIpc) is 2.42. The summed E-state index contributed by atoms with van der Waals surface area (Å²) in [5, 5.41) is 0. The Kier molecular flexibility index (Phi) is 4.17. The van der Waals surface area contributed by atoms with E-state index in [9.17, 15) is 4.39 Å². The number of hydrogen-bond acceptors (Lipinski definition) is 2. The molecule has 0 aliphatic heterocycles. The van der Waals surface area contributed by atoms with Crippen molar-refractivity contribution >= 4 is 11.4 Å². The lowest BCUT2D eigenvalue weighted by atomic mass is 10.1. The Morgan fingerprint density at radius 2 is 1.84 bits per heavy atom. The van der Waals surface area contributed by atoms with E-state index in [1.165, 1.54) is 6.07 Å². The maximum atomic E-state index is 14.2. The smallest absolute Gasteiger partial charge is 0.147 e. The number of para-hydroxylation sites is 1. The Bertz CT molecular complexity index is 538. The molecule has 0 spiro atoms. The summed E-state index contributed by atoms with van der Waals surface area (Å²) in [4.78, 5) is 1.94. The fourth-order valence-corrected chi connectivity index (χ4v) is 2.13. The first-order valence-corrected chi connectivity index (χ1v) is 6.51. The van der Waals surface area contributed by atoms with Crippen LogP contribution in [0.25, 0.3) is 0 Å². The summed E-state index contributed by atoms with van der Waals surface area (Å²) < 4.78 is 14.2. The van der Waals surface area contributed by atoms with E-state index in [1.807, 2.05) is 55.1 Å². The highest BCUT2D eigenvalue weighted by Crippen LogP contribution is 2.28. The number of rotatable bonds is 4. The Morgan fingerprint density at radius 3 is 2.37 bits per heavy atom. The molecular formula is C16H19FN2. The van der Waals surface area contributed by atoms with E-state index < -0.39 is 0 Å². The van der Waals surface area contributed by atoms with Crippen molar-refractivity contribution in [2.75, 3.05) is 11.4 Å². The molecule has 1 unspecified atom stereocenters. The summed E-state index contributed by atoms with van der Waals surface area (Å²) in [5.41, 5.74) is 8.15. The molecule has 19 heavy (non-hydrogen) atoms. The second kappa shape index (κ2) is 5.85. The van der Waals surface area contributed by atoms with Crippen LogP contribution in [0.2, 0.25) is 0 Å². The Morgan fingerprint density at radius 1 is 1.16 bits per heavy atom. The predicted octanol–water partition coefficient (Wildman–Crippen LogP) is 4.00. The first kappa shape index (κ1) is 13.6. The minimum absolute atomic E-state index is 0.157. The van der Waals surface area contributed by atoms with E-state index >= 15 is 0 Å². The van der Waals surface area contributed by atoms with Gasteiger partial charge in [0.05, 0.1) is 5.69 Å². The van der Waals surface area contributed by atoms with Crippen LogP contribution in [0, 0.1) is 5.82 Å². The molecule has 1 atom stereocenters. The van der Waals surface area contributed by atoms with Crippen molar-refractivity contribution in [3.63, 3.8) is 0 Å². The van der Waals surface area contributed by atoms with Crippen molar-refractivity contribution in [2.45, 2.75) is 19.9 Å². The van der Waals surface area contributed by atoms with Crippen LogP contribution in [0.1, 0.15) is 25.5 Å². The van der Waals surface area contributed by atoms with Crippen LogP contribution in [0.5, 0.6) is 0 Å². The van der Waals surface area contributed by atoms with Crippen LogP contribution in [-0.4, -0.2) is 6.54 Å². The molecule has 0 aromatic heterocycles. The molecule has 0 aliphatic carbocycles. The molecule has 3 heteroatoms. The molecule has 2 nitrogen and oxygen atoms in total. The zero-order valence-corrected chi connectivity index (χ0v) is 11.3. The molecule has 0 aliphatic rings. The number of nitrogens with zero attached hydrogens (tertiary/aromatic N) is 1. The van der Waals surface area contributed by atoms with Gasteiger partial charge in [0.1, 0.15) is 5.82 Å². The van der Waals surface area contributed by atoms with Crippen molar-refractivity contribution in [3.05, 3.63) is 59.9 Å². The highest BCUT2D eigenvalue weighted by molar-refractivity contribution is 5.64. The molecule has 2 N–H and O–H groups in total. The third-order valence-electron chi connectivity index (χ3n) is 3.17. The van der Waals surface area contributed by atoms with Gasteiger partial charge in [-0.2, -0.15) is 0 Å². The van der Waals surface area contributed by atoms with Crippen LogP contribution in [-0.2, 0) is 0 Å². The van der Waals surface area contributed by atoms with Gasteiger partial charge < -0.3 is 10.6 Å². The van der Waals surface area contributed by atoms with Crippen LogP contribution in [0.4, 0.5) is 15.8 Å². The van der Waals surface area contributed by atoms with Gasteiger partial charge in [-0.05, 0) is 43.7 Å². The first-order valence-electron chi connectivity index (χ1n) is 6.51. The van der Waals surface area contributed by atoms with Crippen molar-refractivity contribution in [3.8, 4) is 0 Å². The summed E-state index contributed by atoms with van der Waals surface area (Å²) in [6.07, 6.45) is 0. The van der Waals surface area contributed by atoms with E-state index in [1.54, 1.807) is 6.07 Å². The van der Waals surface area contributed by atoms with Crippen molar-refractivity contribution < 1.29 is 4.39 Å². The molecule has 0 amide bonds. The van der Waals surface area contributed by atoms with Crippen LogP contribution in [0.15, 0.2) is 48.5 Å². The molecule has 2 rings (SSSR count). The maximum absolute atomic E-state index is 14.2. The minimum atomic E-state index is -0.236. The standard InChI is InChI=1S/C16H19FN2/c1-3-19(14-7-5-4-6-8-14)16-10-9-13(12(2)18)11-15(16)17/h4-12H,3,18H2,1-2H3. The minimum Gasteiger partial charge on any atom is -0.339 e. The number of nitrogens with two attached hydrogens (primary N) is 1. The van der Waals surface area contributed by atoms with Gasteiger partial charge in [0.2, 0.25) is 0 Å². The molecule has 0 heterocycles. The first-order chi connectivity index (χ1) is 9.13. The van der Waals surface area contributed by atoms with Crippen LogP contribution >= 0.6 is 0 Å². The fraction of sp³-hybridized carbons (Fsp3) is 0.250. The third-order valence-corrected chi connectivity index (χ3v) is 3.17. The maximum Gasteiger partial charge on any atom is 0.147 e. The van der Waals surface area contributed by atoms with Gasteiger partial charge in [-0.15, -0.1) is 0 Å². The van der Waals surface area contributed by atoms with Gasteiger partial charge in [-0.25, -0.2) is 4.39 Å². The van der Waals surface area contributed by atoms with E-state index in [-0.39, 0.29) is 11.9 Å². The van der Waals surface area contributed by atoms with Gasteiger partial charge in [-0.3, -0.25) is 0 Å². The van der Waals surface area contributed by atoms with Gasteiger partial charge in [0, 0.05) is 18.3 Å². The fourth-order valence-electron chi connectivity index (χ4n) is 2.13. The second-order valence-corrected chi connectivity index (χ2v) is 4.58. The molecule has 0 bridgehead atoms. The summed E-state index contributed by atoms with van der Waals surface area (Å²) in [6, 6.07) is 14.8. The van der Waals surface area contributed by atoms with Crippen molar-refractivity contribution in [1.82, 2.24) is 0 Å². The summed E-state index contributed by atoms with van der Waals surface area (Å²) in [7, 11) is 0. The zero-order chi connectivity index (χ0) is 13.8. The van der Waals surface area contributed by atoms with E-state index in [0.717, 1.165) is 11.3 Å². The highest BCUT2D eigenvalue weighted by atomic mass is 19.1. The molecule has 0 fully saturated rings. The van der Waals surface area contributed by atoms with E-state index in [4.69, 9.17) is 5.73 Å². The molecule has 100 valence electrons. The van der Waals surface area contributed by atoms with Gasteiger partial charge >= 0.3 is 0 Å². The number of anilines is 2. The number of benzene rings is 2. The topological polar surface area (TPSA) is 29.3 Å². The Labute approximate surface area is 113 Å². The summed E-state index contributed by atoms with van der Waals surface area (Å²) in [5.74, 6) is -0.236. The van der Waals surface area contributed by atoms with E-state index in [0.29, 0.717) is 12.2 Å². The van der Waals surface area contributed by atoms with Gasteiger partial charge in [0.25, 0.3) is 0 Å².